The molecule has 3 aromatic rings. The number of amides is 2. The Balaban J connectivity index is 1.85. The van der Waals surface area contributed by atoms with Gasteiger partial charge < -0.3 is 15.4 Å². The smallest absolute Gasteiger partial charge is 0.416 e. The number of nitrogens with one attached hydrogen (secondary N) is 2. The number of ether oxygens (including phenoxy) is 1. The van der Waals surface area contributed by atoms with E-state index in [2.05, 4.69) is 17.2 Å². The summed E-state index contributed by atoms with van der Waals surface area (Å²) >= 11 is 6.26. The highest BCUT2D eigenvalue weighted by atomic mass is 35.5. The van der Waals surface area contributed by atoms with E-state index < -0.39 is 46.8 Å². The SMILES string of the molecule is C=C(OCC)c1cc(NC(=O)c2cc(F)cc(C(F)(F)F)c2)c2c(c1)C(=O)NC2c1cc(F)ccc1Cl. The zero-order chi connectivity index (χ0) is 27.1. The molecule has 4 rings (SSSR count). The number of carbonyl (C=O) groups is 2. The summed E-state index contributed by atoms with van der Waals surface area (Å²) in [5.41, 5.74) is -1.21. The monoisotopic (exact) mass is 536 g/mol. The number of hydrogen-bond donors (Lipinski definition) is 2. The van der Waals surface area contributed by atoms with Crippen molar-refractivity contribution < 1.29 is 36.3 Å². The van der Waals surface area contributed by atoms with Crippen LogP contribution in [0.3, 0.4) is 0 Å². The first-order valence-corrected chi connectivity index (χ1v) is 11.2. The van der Waals surface area contributed by atoms with Crippen molar-refractivity contribution in [2.24, 2.45) is 0 Å². The fourth-order valence-electron chi connectivity index (χ4n) is 4.00. The molecule has 0 aromatic heterocycles. The lowest BCUT2D eigenvalue weighted by Crippen LogP contribution is -2.21. The lowest BCUT2D eigenvalue weighted by molar-refractivity contribution is -0.137. The van der Waals surface area contributed by atoms with Crippen molar-refractivity contribution in [2.45, 2.75) is 19.1 Å². The van der Waals surface area contributed by atoms with Crippen molar-refractivity contribution in [1.29, 1.82) is 0 Å². The summed E-state index contributed by atoms with van der Waals surface area (Å²) in [7, 11) is 0. The molecule has 0 fully saturated rings. The molecule has 0 aliphatic carbocycles. The molecule has 1 aliphatic heterocycles. The molecule has 11 heteroatoms. The van der Waals surface area contributed by atoms with Crippen LogP contribution in [0.25, 0.3) is 5.76 Å². The quantitative estimate of drug-likeness (QED) is 0.271. The molecule has 1 heterocycles. The van der Waals surface area contributed by atoms with Gasteiger partial charge in [-0.2, -0.15) is 13.2 Å². The predicted molar refractivity (Wildman–Crippen MR) is 127 cm³/mol. The lowest BCUT2D eigenvalue weighted by atomic mass is 9.94. The average molecular weight is 537 g/mol. The number of alkyl halides is 3. The van der Waals surface area contributed by atoms with Crippen LogP contribution in [0.15, 0.2) is 55.1 Å². The van der Waals surface area contributed by atoms with Crippen LogP contribution >= 0.6 is 11.6 Å². The van der Waals surface area contributed by atoms with Crippen molar-refractivity contribution in [1.82, 2.24) is 5.32 Å². The van der Waals surface area contributed by atoms with Crippen molar-refractivity contribution in [3.8, 4) is 0 Å². The molecule has 0 saturated heterocycles. The van der Waals surface area contributed by atoms with Gasteiger partial charge >= 0.3 is 6.18 Å². The van der Waals surface area contributed by atoms with Crippen LogP contribution < -0.4 is 10.6 Å². The van der Waals surface area contributed by atoms with Crippen molar-refractivity contribution >= 4 is 34.9 Å². The van der Waals surface area contributed by atoms with E-state index in [4.69, 9.17) is 16.3 Å². The van der Waals surface area contributed by atoms with Gasteiger partial charge in [0.15, 0.2) is 0 Å². The van der Waals surface area contributed by atoms with Gasteiger partial charge in [0, 0.05) is 38.5 Å². The number of anilines is 1. The van der Waals surface area contributed by atoms with Gasteiger partial charge in [0.2, 0.25) is 0 Å². The summed E-state index contributed by atoms with van der Waals surface area (Å²) in [6.07, 6.45) is -4.89. The van der Waals surface area contributed by atoms with Crippen LogP contribution in [0, 0.1) is 11.6 Å². The second-order valence-corrected chi connectivity index (χ2v) is 8.50. The maximum absolute atomic E-state index is 14.0. The van der Waals surface area contributed by atoms with Crippen LogP contribution in [-0.2, 0) is 10.9 Å². The second-order valence-electron chi connectivity index (χ2n) is 8.09. The molecular weight excluding hydrogens is 519 g/mol. The van der Waals surface area contributed by atoms with E-state index in [-0.39, 0.29) is 45.8 Å². The Labute approximate surface area is 212 Å². The third kappa shape index (κ3) is 5.29. The van der Waals surface area contributed by atoms with Crippen LogP contribution in [0.1, 0.15) is 55.9 Å². The first kappa shape index (κ1) is 26.2. The molecule has 192 valence electrons. The summed E-state index contributed by atoms with van der Waals surface area (Å²) in [6.45, 7) is 5.74. The minimum absolute atomic E-state index is 0.0140. The molecule has 0 spiro atoms. The predicted octanol–water partition coefficient (Wildman–Crippen LogP) is 6.73. The number of benzene rings is 3. The third-order valence-electron chi connectivity index (χ3n) is 5.63. The molecule has 2 N–H and O–H groups in total. The highest BCUT2D eigenvalue weighted by Gasteiger charge is 2.36. The molecule has 1 unspecified atom stereocenters. The Morgan fingerprint density at radius 3 is 2.49 bits per heavy atom. The molecule has 3 aromatic carbocycles. The number of halogens is 6. The van der Waals surface area contributed by atoms with Gasteiger partial charge in [0.25, 0.3) is 11.8 Å². The molecule has 2 amide bonds. The topological polar surface area (TPSA) is 67.4 Å². The van der Waals surface area contributed by atoms with Crippen LogP contribution in [-0.4, -0.2) is 18.4 Å². The number of rotatable bonds is 6. The molecule has 1 aliphatic rings. The van der Waals surface area contributed by atoms with Crippen molar-refractivity contribution in [3.63, 3.8) is 0 Å². The summed E-state index contributed by atoms with van der Waals surface area (Å²) in [4.78, 5) is 25.9. The van der Waals surface area contributed by atoms with E-state index in [1.54, 1.807) is 6.92 Å². The van der Waals surface area contributed by atoms with Crippen molar-refractivity contribution in [3.05, 3.63) is 105 Å². The Morgan fingerprint density at radius 2 is 1.81 bits per heavy atom. The summed E-state index contributed by atoms with van der Waals surface area (Å²) in [5, 5.41) is 5.25. The van der Waals surface area contributed by atoms with Gasteiger partial charge in [-0.25, -0.2) is 8.78 Å². The van der Waals surface area contributed by atoms with Gasteiger partial charge in [-0.3, -0.25) is 9.59 Å². The summed E-state index contributed by atoms with van der Waals surface area (Å²) in [5.74, 6) is -3.38. The second kappa shape index (κ2) is 9.85. The molecule has 37 heavy (non-hydrogen) atoms. The first-order chi connectivity index (χ1) is 17.4. The highest BCUT2D eigenvalue weighted by molar-refractivity contribution is 6.31. The van der Waals surface area contributed by atoms with E-state index in [0.29, 0.717) is 17.7 Å². The van der Waals surface area contributed by atoms with Gasteiger partial charge in [-0.15, -0.1) is 0 Å². The van der Waals surface area contributed by atoms with Crippen LogP contribution in [0.4, 0.5) is 27.6 Å². The normalized spacial score (nSPS) is 14.7. The summed E-state index contributed by atoms with van der Waals surface area (Å²) in [6, 6.07) is 6.82. The Hall–Kier alpha value is -3.92. The Kier molecular flexibility index (Phi) is 6.96. The Bertz CT molecular complexity index is 1440. The fraction of sp³-hybridized carbons (Fsp3) is 0.154. The maximum Gasteiger partial charge on any atom is 0.416 e. The van der Waals surface area contributed by atoms with E-state index in [9.17, 15) is 31.5 Å². The lowest BCUT2D eigenvalue weighted by Gasteiger charge is -2.19. The Morgan fingerprint density at radius 1 is 1.08 bits per heavy atom. The third-order valence-corrected chi connectivity index (χ3v) is 5.98. The largest absolute Gasteiger partial charge is 0.494 e. The van der Waals surface area contributed by atoms with Crippen LogP contribution in [0.2, 0.25) is 5.02 Å². The zero-order valence-corrected chi connectivity index (χ0v) is 19.9. The zero-order valence-electron chi connectivity index (χ0n) is 19.1. The maximum atomic E-state index is 14.0. The van der Waals surface area contributed by atoms with Gasteiger partial charge in [0.05, 0.1) is 18.2 Å². The standard InChI is InChI=1S/C26H18ClF5N2O3/c1-3-37-12(2)13-8-19-22(23(34-25(19)36)18-11-16(28)4-5-20(18)27)21(9-13)33-24(35)14-6-15(26(30,31)32)10-17(29)7-14/h4-11,23H,2-3H2,1H3,(H,33,35)(H,34,36). The fourth-order valence-corrected chi connectivity index (χ4v) is 4.23. The first-order valence-electron chi connectivity index (χ1n) is 10.8. The molecule has 1 atom stereocenters. The summed E-state index contributed by atoms with van der Waals surface area (Å²) < 4.78 is 72.9. The average Bonchev–Trinajstić information content (AvgIpc) is 3.16. The minimum atomic E-state index is -4.89. The molecule has 0 bridgehead atoms. The molecule has 0 saturated carbocycles. The van der Waals surface area contributed by atoms with Gasteiger partial charge in [-0.1, -0.05) is 18.2 Å². The van der Waals surface area contributed by atoms with Gasteiger partial charge in [0.1, 0.15) is 17.4 Å². The molecule has 0 radical (unpaired) electrons. The van der Waals surface area contributed by atoms with Gasteiger partial charge in [-0.05, 0) is 55.5 Å². The molecular formula is C26H18ClF5N2O3. The van der Waals surface area contributed by atoms with E-state index in [1.165, 1.54) is 18.2 Å². The highest BCUT2D eigenvalue weighted by Crippen LogP contribution is 2.41. The van der Waals surface area contributed by atoms with E-state index in [1.807, 2.05) is 0 Å². The molecule has 5 nitrogen and oxygen atoms in total. The van der Waals surface area contributed by atoms with Crippen molar-refractivity contribution in [2.75, 3.05) is 11.9 Å². The van der Waals surface area contributed by atoms with Crippen LogP contribution in [0.5, 0.6) is 0 Å². The van der Waals surface area contributed by atoms with E-state index in [0.717, 1.165) is 12.1 Å². The number of carbonyl (C=O) groups excluding carboxylic acids is 2. The van der Waals surface area contributed by atoms with E-state index >= 15 is 0 Å². The number of hydrogen-bond acceptors (Lipinski definition) is 3. The number of fused-ring (bicyclic) bond motifs is 1. The minimum Gasteiger partial charge on any atom is -0.494 e.